The summed E-state index contributed by atoms with van der Waals surface area (Å²) in [5.41, 5.74) is 15.0. The number of rotatable bonds is 7. The fourth-order valence-electron chi connectivity index (χ4n) is 3.18. The van der Waals surface area contributed by atoms with Crippen molar-refractivity contribution in [1.29, 1.82) is 0 Å². The van der Waals surface area contributed by atoms with Gasteiger partial charge in [-0.3, -0.25) is 9.59 Å². The van der Waals surface area contributed by atoms with Gasteiger partial charge in [-0.1, -0.05) is 18.2 Å². The Morgan fingerprint density at radius 1 is 1.15 bits per heavy atom. The quantitative estimate of drug-likeness (QED) is 0.636. The van der Waals surface area contributed by atoms with Crippen molar-refractivity contribution < 1.29 is 14.3 Å². The molecular weight excluding hydrogens is 344 g/mol. The van der Waals surface area contributed by atoms with E-state index >= 15 is 0 Å². The molecule has 0 aliphatic carbocycles. The van der Waals surface area contributed by atoms with Crippen LogP contribution >= 0.6 is 0 Å². The molecule has 2 aromatic rings. The number of nitrogens with zero attached hydrogens (tertiary/aromatic N) is 1. The minimum absolute atomic E-state index is 0.0423. The topological polar surface area (TPSA) is 111 Å². The van der Waals surface area contributed by atoms with Crippen LogP contribution in [-0.2, 0) is 22.6 Å². The molecule has 0 unspecified atom stereocenters. The van der Waals surface area contributed by atoms with Gasteiger partial charge in [-0.25, -0.2) is 0 Å². The van der Waals surface area contributed by atoms with E-state index in [0.717, 1.165) is 41.9 Å². The van der Waals surface area contributed by atoms with Crippen molar-refractivity contribution in [3.05, 3.63) is 53.6 Å². The molecule has 0 saturated carbocycles. The van der Waals surface area contributed by atoms with E-state index < -0.39 is 5.91 Å². The first-order chi connectivity index (χ1) is 13.0. The first-order valence-corrected chi connectivity index (χ1v) is 8.92. The molecule has 1 heterocycles. The second kappa shape index (κ2) is 8.44. The van der Waals surface area contributed by atoms with Crippen molar-refractivity contribution in [2.24, 2.45) is 5.73 Å². The smallest absolute Gasteiger partial charge is 0.255 e. The average Bonchev–Trinajstić information content (AvgIpc) is 2.66. The first kappa shape index (κ1) is 18.6. The standard InChI is InChI=1S/C20H24N4O3/c21-17-4-1-5-18-16(17)3-2-10-24(18)12-20(26)23-11-14-6-8-15(9-7-14)27-13-19(22)25/h1,4-9H,2-3,10-13,21H2,(H2,22,25)(H,23,26). The van der Waals surface area contributed by atoms with Gasteiger partial charge in [0.05, 0.1) is 6.54 Å². The third-order valence-corrected chi connectivity index (χ3v) is 4.51. The van der Waals surface area contributed by atoms with Gasteiger partial charge < -0.3 is 26.4 Å². The molecule has 2 aromatic carbocycles. The largest absolute Gasteiger partial charge is 0.484 e. The minimum atomic E-state index is -0.521. The zero-order chi connectivity index (χ0) is 19.2. The molecule has 0 fully saturated rings. The summed E-state index contributed by atoms with van der Waals surface area (Å²) in [5.74, 6) is -0.00176. The number of benzene rings is 2. The maximum Gasteiger partial charge on any atom is 0.255 e. The van der Waals surface area contributed by atoms with Crippen molar-refractivity contribution >= 4 is 23.2 Å². The Morgan fingerprint density at radius 3 is 2.67 bits per heavy atom. The Balaban J connectivity index is 1.52. The monoisotopic (exact) mass is 368 g/mol. The highest BCUT2D eigenvalue weighted by molar-refractivity contribution is 5.82. The van der Waals surface area contributed by atoms with Crippen LogP contribution in [0.1, 0.15) is 17.5 Å². The maximum absolute atomic E-state index is 12.4. The normalized spacial score (nSPS) is 13.0. The summed E-state index contributed by atoms with van der Waals surface area (Å²) in [6.45, 7) is 1.41. The van der Waals surface area contributed by atoms with Crippen LogP contribution in [-0.4, -0.2) is 31.5 Å². The summed E-state index contributed by atoms with van der Waals surface area (Å²) in [6.07, 6.45) is 1.94. The van der Waals surface area contributed by atoms with Gasteiger partial charge in [0.15, 0.2) is 6.61 Å². The molecule has 2 amide bonds. The molecule has 142 valence electrons. The molecule has 0 bridgehead atoms. The third-order valence-electron chi connectivity index (χ3n) is 4.51. The zero-order valence-corrected chi connectivity index (χ0v) is 15.1. The lowest BCUT2D eigenvalue weighted by Gasteiger charge is -2.31. The van der Waals surface area contributed by atoms with E-state index in [4.69, 9.17) is 16.2 Å². The second-order valence-corrected chi connectivity index (χ2v) is 6.55. The summed E-state index contributed by atoms with van der Waals surface area (Å²) in [5, 5.41) is 2.93. The molecule has 0 atom stereocenters. The molecule has 0 spiro atoms. The zero-order valence-electron chi connectivity index (χ0n) is 15.1. The van der Waals surface area contributed by atoms with E-state index in [1.807, 2.05) is 30.3 Å². The Morgan fingerprint density at radius 2 is 1.93 bits per heavy atom. The molecule has 27 heavy (non-hydrogen) atoms. The van der Waals surface area contributed by atoms with Gasteiger partial charge in [-0.05, 0) is 48.2 Å². The highest BCUT2D eigenvalue weighted by Crippen LogP contribution is 2.30. The number of carbonyl (C=O) groups is 2. The molecule has 1 aliphatic heterocycles. The molecule has 0 saturated heterocycles. The summed E-state index contributed by atoms with van der Waals surface area (Å²) >= 11 is 0. The summed E-state index contributed by atoms with van der Waals surface area (Å²) < 4.78 is 5.21. The first-order valence-electron chi connectivity index (χ1n) is 8.92. The molecule has 7 nitrogen and oxygen atoms in total. The van der Waals surface area contributed by atoms with Gasteiger partial charge >= 0.3 is 0 Å². The summed E-state index contributed by atoms with van der Waals surface area (Å²) in [7, 11) is 0. The number of hydrogen-bond acceptors (Lipinski definition) is 5. The number of amides is 2. The molecule has 3 rings (SSSR count). The van der Waals surface area contributed by atoms with E-state index in [2.05, 4.69) is 10.2 Å². The van der Waals surface area contributed by atoms with Crippen LogP contribution in [0.4, 0.5) is 11.4 Å². The molecule has 1 aliphatic rings. The van der Waals surface area contributed by atoms with Crippen LogP contribution in [0.15, 0.2) is 42.5 Å². The lowest BCUT2D eigenvalue weighted by molar-refractivity contribution is -0.120. The van der Waals surface area contributed by atoms with E-state index in [0.29, 0.717) is 18.8 Å². The van der Waals surface area contributed by atoms with Gasteiger partial charge in [-0.15, -0.1) is 0 Å². The third kappa shape index (κ3) is 4.91. The van der Waals surface area contributed by atoms with Gasteiger partial charge in [0, 0.05) is 24.5 Å². The Kier molecular flexibility index (Phi) is 5.80. The van der Waals surface area contributed by atoms with E-state index in [1.165, 1.54) is 0 Å². The highest BCUT2D eigenvalue weighted by atomic mass is 16.5. The Hall–Kier alpha value is -3.22. The summed E-state index contributed by atoms with van der Waals surface area (Å²) in [6, 6.07) is 13.0. The van der Waals surface area contributed by atoms with Crippen LogP contribution in [0, 0.1) is 0 Å². The van der Waals surface area contributed by atoms with Crippen molar-refractivity contribution in [2.75, 3.05) is 30.3 Å². The predicted octanol–water partition coefficient (Wildman–Crippen LogP) is 1.20. The number of primary amides is 1. The Bertz CT molecular complexity index is 820. The summed E-state index contributed by atoms with van der Waals surface area (Å²) in [4.78, 5) is 25.2. The fourth-order valence-corrected chi connectivity index (χ4v) is 3.18. The van der Waals surface area contributed by atoms with Crippen molar-refractivity contribution in [3.8, 4) is 5.75 Å². The van der Waals surface area contributed by atoms with Crippen LogP contribution in [0.3, 0.4) is 0 Å². The van der Waals surface area contributed by atoms with Crippen LogP contribution < -0.4 is 26.4 Å². The molecule has 0 radical (unpaired) electrons. The number of carbonyl (C=O) groups excluding carboxylic acids is 2. The lowest BCUT2D eigenvalue weighted by Crippen LogP contribution is -2.39. The van der Waals surface area contributed by atoms with Crippen LogP contribution in [0.25, 0.3) is 0 Å². The number of hydrogen-bond donors (Lipinski definition) is 3. The lowest BCUT2D eigenvalue weighted by atomic mass is 10.00. The molecule has 7 heteroatoms. The number of ether oxygens (including phenoxy) is 1. The molecule has 0 aromatic heterocycles. The average molecular weight is 368 g/mol. The SMILES string of the molecule is NC(=O)COc1ccc(CNC(=O)CN2CCCc3c(N)cccc32)cc1. The predicted molar refractivity (Wildman–Crippen MR) is 104 cm³/mol. The van der Waals surface area contributed by atoms with Gasteiger partial charge in [0.25, 0.3) is 5.91 Å². The van der Waals surface area contributed by atoms with E-state index in [9.17, 15) is 9.59 Å². The number of nitrogens with one attached hydrogen (secondary N) is 1. The van der Waals surface area contributed by atoms with Crippen molar-refractivity contribution in [1.82, 2.24) is 5.32 Å². The fraction of sp³-hybridized carbons (Fsp3) is 0.300. The number of fused-ring (bicyclic) bond motifs is 1. The minimum Gasteiger partial charge on any atom is -0.484 e. The van der Waals surface area contributed by atoms with Gasteiger partial charge in [0.1, 0.15) is 5.75 Å². The second-order valence-electron chi connectivity index (χ2n) is 6.55. The van der Waals surface area contributed by atoms with E-state index in [1.54, 1.807) is 12.1 Å². The maximum atomic E-state index is 12.4. The van der Waals surface area contributed by atoms with Crippen LogP contribution in [0.5, 0.6) is 5.75 Å². The molecular formula is C20H24N4O3. The van der Waals surface area contributed by atoms with Crippen LogP contribution in [0.2, 0.25) is 0 Å². The van der Waals surface area contributed by atoms with E-state index in [-0.39, 0.29) is 12.5 Å². The number of nitrogens with two attached hydrogens (primary N) is 2. The molecule has 5 N–H and O–H groups in total. The highest BCUT2D eigenvalue weighted by Gasteiger charge is 2.20. The van der Waals surface area contributed by atoms with Gasteiger partial charge in [-0.2, -0.15) is 0 Å². The number of nitrogen functional groups attached to an aromatic ring is 1. The number of anilines is 2. The van der Waals surface area contributed by atoms with Crippen molar-refractivity contribution in [3.63, 3.8) is 0 Å². The van der Waals surface area contributed by atoms with Crippen molar-refractivity contribution in [2.45, 2.75) is 19.4 Å². The Labute approximate surface area is 158 Å². The van der Waals surface area contributed by atoms with Gasteiger partial charge in [0.2, 0.25) is 5.91 Å².